The maximum Gasteiger partial charge on any atom is 0.407 e. The van der Waals surface area contributed by atoms with Crippen molar-refractivity contribution >= 4 is 117 Å². The van der Waals surface area contributed by atoms with Gasteiger partial charge in [0, 0.05) is 145 Å². The number of amides is 8. The largest absolute Gasteiger partial charge is 0.491 e. The van der Waals surface area contributed by atoms with Crippen LogP contribution in [0.25, 0.3) is 21.8 Å². The molecule has 6 heterocycles. The number of rotatable bonds is 40. The zero-order valence-electron chi connectivity index (χ0n) is 66.9. The number of carbonyl (C=O) groups is 12. The number of thioether (sulfide) groups is 2. The highest BCUT2D eigenvalue weighted by atomic mass is 32.2. The van der Waals surface area contributed by atoms with Gasteiger partial charge < -0.3 is 76.3 Å². The first-order valence-corrected chi connectivity index (χ1v) is 41.8. The second-order valence-corrected chi connectivity index (χ2v) is 31.6. The van der Waals surface area contributed by atoms with Crippen LogP contribution in [0.5, 0.6) is 11.5 Å². The number of likely N-dealkylation sites (tertiary alicyclic amines) is 2. The Bertz CT molecular complexity index is 4630. The number of nitrogens with one attached hydrogen (secondary N) is 6. The summed E-state index contributed by atoms with van der Waals surface area (Å²) >= 11 is 2.68. The van der Waals surface area contributed by atoms with E-state index in [1.807, 2.05) is 0 Å². The lowest BCUT2D eigenvalue weighted by atomic mass is 9.94. The number of nitriles is 2. The number of ether oxygens (including phenoxy) is 3. The number of aromatic nitrogens is 4. The van der Waals surface area contributed by atoms with E-state index in [1.54, 1.807) is 68.1 Å². The number of halogens is 4. The van der Waals surface area contributed by atoms with E-state index in [0.29, 0.717) is 99.8 Å². The molecule has 0 radical (unpaired) electrons. The van der Waals surface area contributed by atoms with Gasteiger partial charge in [-0.25, -0.2) is 22.4 Å². The number of fused-ring (bicyclic) bond motifs is 3. The molecule has 2 unspecified atom stereocenters. The predicted octanol–water partition coefficient (Wildman–Crippen LogP) is 3.27. The summed E-state index contributed by atoms with van der Waals surface area (Å²) in [6, 6.07) is 12.3. The van der Waals surface area contributed by atoms with Crippen molar-refractivity contribution in [2.24, 2.45) is 0 Å². The number of alkyl carbamates (subject to hydrolysis) is 1. The minimum Gasteiger partial charge on any atom is -0.491 e. The Hall–Kier alpha value is -11.4. The molecule has 37 nitrogen and oxygen atoms in total. The topological polar surface area (TPSA) is 504 Å². The second-order valence-electron chi connectivity index (χ2n) is 29.4. The summed E-state index contributed by atoms with van der Waals surface area (Å²) < 4.78 is 74.0. The number of carboxylic acid groups (broad SMARTS) is 4. The van der Waals surface area contributed by atoms with Crippen molar-refractivity contribution in [2.75, 3.05) is 149 Å². The quantitative estimate of drug-likeness (QED) is 0.0153. The molecule has 0 saturated carbocycles. The van der Waals surface area contributed by atoms with Crippen molar-refractivity contribution in [1.82, 2.24) is 81.5 Å². The number of hydrogen-bond acceptors (Lipinski definition) is 27. The van der Waals surface area contributed by atoms with Gasteiger partial charge in [-0.05, 0) is 93.2 Å². The van der Waals surface area contributed by atoms with E-state index in [0.717, 1.165) is 20.9 Å². The number of para-hydroxylation sites is 2. The van der Waals surface area contributed by atoms with Crippen molar-refractivity contribution in [3.05, 3.63) is 83.2 Å². The first-order valence-electron chi connectivity index (χ1n) is 39.9. The molecule has 2 aromatic carbocycles. The van der Waals surface area contributed by atoms with Gasteiger partial charge in [0.1, 0.15) is 56.8 Å². The first-order chi connectivity index (χ1) is 58.5. The standard InChI is InChI=1S/C79H98F4N18O19S2/c80-78(81)39-50(41-84)100(48-78)65(105)43-92-72(113)55-17-25-89-70-53(55)8-2-11-60(70)118-35-5-23-87-63(103)19-37-121-74-57-10-1-7-52(120-77(117)91-22-4-21-86-62(102)16-15-59(76(115)116)99-33-31-97(46-68(109)110)29-27-96(45-67(107)108)28-30-98(32-34-99)47-69(111)112)13-14-58(57)75(95-94-74)122-38-20-64(104)88-24-6-36-119-61-12-3-9-54-56(18-26-90-71(54)61)73(114)93-44-66(106)101-49-79(82,83)40-51(101)42-85/h2-3,8-9,11-12,17-18,25-26,50-52,59H,1,4-7,10,13-16,19-24,27-40,43-49H2,(H,86,102)(H,87,103)(H,88,104)(H,91,117)(H,92,113)(H,93,114)(H,107,108)(H,109,110)(H,111,112)(H,115,116)/t50-,51-,52?,59?/m0/s1. The number of pyridine rings is 2. The fourth-order valence-corrected chi connectivity index (χ4v) is 16.3. The molecule has 10 N–H and O–H groups in total. The Morgan fingerprint density at radius 1 is 0.533 bits per heavy atom. The van der Waals surface area contributed by atoms with Gasteiger partial charge in [0.05, 0.1) is 82.3 Å². The van der Waals surface area contributed by atoms with Crippen LogP contribution in [-0.4, -0.2) is 326 Å². The summed E-state index contributed by atoms with van der Waals surface area (Å²) in [5, 5.41) is 85.2. The lowest BCUT2D eigenvalue weighted by Crippen LogP contribution is -2.52. The second kappa shape index (κ2) is 46.6. The molecule has 43 heteroatoms. The predicted molar refractivity (Wildman–Crippen MR) is 430 cm³/mol. The summed E-state index contributed by atoms with van der Waals surface area (Å²) in [5.41, 5.74) is 2.68. The highest BCUT2D eigenvalue weighted by Crippen LogP contribution is 2.37. The van der Waals surface area contributed by atoms with Gasteiger partial charge in [-0.15, -0.1) is 33.7 Å². The van der Waals surface area contributed by atoms with Crippen LogP contribution in [0, 0.1) is 22.7 Å². The minimum absolute atomic E-state index is 0.0377. The molecular formula is C79H98F4N18O19S2. The molecular weight excluding hydrogens is 1650 g/mol. The number of benzene rings is 2. The van der Waals surface area contributed by atoms with Crippen molar-refractivity contribution < 1.29 is 110 Å². The van der Waals surface area contributed by atoms with Crippen LogP contribution in [0.2, 0.25) is 0 Å². The van der Waals surface area contributed by atoms with Crippen LogP contribution in [0.15, 0.2) is 71.0 Å². The van der Waals surface area contributed by atoms with Gasteiger partial charge in [-0.1, -0.05) is 24.3 Å². The SMILES string of the molecule is N#C[C@@H]1CC(F)(F)CN1C(=O)CNC(=O)c1ccnc2c(OCCCNC(=O)CCSc3nnc(SCCC(=O)NCCCOc4cccc5c(C(=O)NCC(=O)N6CC(F)(F)C[C@H]6C#N)ccnc45)c4c3CCCC(OC(=O)NCCCNC(=O)CCC(C(=O)O)N3CCN(CC(=O)O)CCN(CC(=O)O)CCN(CC(=O)O)CC3)CC4)cccc12. The zero-order valence-corrected chi connectivity index (χ0v) is 68.5. The van der Waals surface area contributed by atoms with E-state index in [2.05, 4.69) is 52.1 Å². The molecule has 1 aliphatic carbocycles. The average Bonchev–Trinajstić information content (AvgIpc) is 1.19. The maximum atomic E-state index is 14.0. The van der Waals surface area contributed by atoms with Gasteiger partial charge in [0.25, 0.3) is 23.7 Å². The number of carbonyl (C=O) groups excluding carboxylic acids is 8. The van der Waals surface area contributed by atoms with Crippen LogP contribution < -0.4 is 41.4 Å². The molecule has 0 bridgehead atoms. The van der Waals surface area contributed by atoms with Gasteiger partial charge in [-0.3, -0.25) is 82.3 Å². The Balaban J connectivity index is 0.747. The molecule has 3 aromatic heterocycles. The Morgan fingerprint density at radius 3 is 1.40 bits per heavy atom. The van der Waals surface area contributed by atoms with E-state index in [9.17, 15) is 106 Å². The lowest BCUT2D eigenvalue weighted by molar-refractivity contribution is -0.145. The smallest absolute Gasteiger partial charge is 0.407 e. The van der Waals surface area contributed by atoms with E-state index >= 15 is 0 Å². The van der Waals surface area contributed by atoms with E-state index < -0.39 is 148 Å². The molecule has 4 aliphatic rings. The third-order valence-corrected chi connectivity index (χ3v) is 22.5. The summed E-state index contributed by atoms with van der Waals surface area (Å²) in [6.45, 7) is -2.53. The molecule has 4 atom stereocenters. The van der Waals surface area contributed by atoms with Crippen LogP contribution >= 0.6 is 23.5 Å². The zero-order chi connectivity index (χ0) is 87.9. The first kappa shape index (κ1) is 94.5. The summed E-state index contributed by atoms with van der Waals surface area (Å²) in [5.74, 6) is -13.8. The molecule has 8 amide bonds. The highest BCUT2D eigenvalue weighted by Gasteiger charge is 2.48. The highest BCUT2D eigenvalue weighted by molar-refractivity contribution is 7.99. The van der Waals surface area contributed by atoms with Crippen LogP contribution in [0.1, 0.15) is 109 Å². The third-order valence-electron chi connectivity index (χ3n) is 20.5. The normalized spacial score (nSPS) is 18.0. The van der Waals surface area contributed by atoms with Gasteiger partial charge in [0.2, 0.25) is 29.5 Å². The fourth-order valence-electron chi connectivity index (χ4n) is 14.4. The minimum atomic E-state index is -3.22. The van der Waals surface area contributed by atoms with Crippen LogP contribution in [0.3, 0.4) is 0 Å². The Labute approximate surface area is 707 Å². The molecule has 3 fully saturated rings. The molecule has 658 valence electrons. The van der Waals surface area contributed by atoms with E-state index in [4.69, 9.17) is 14.2 Å². The van der Waals surface area contributed by atoms with E-state index in [1.165, 1.54) is 48.1 Å². The molecule has 0 spiro atoms. The molecule has 3 aliphatic heterocycles. The number of hydrogen-bond donors (Lipinski definition) is 10. The van der Waals surface area contributed by atoms with Crippen molar-refractivity contribution in [1.29, 1.82) is 10.5 Å². The number of carboxylic acids is 4. The summed E-state index contributed by atoms with van der Waals surface area (Å²) in [4.78, 5) is 170. The van der Waals surface area contributed by atoms with Crippen LogP contribution in [-0.2, 0) is 60.7 Å². The molecule has 9 rings (SSSR count). The number of alkyl halides is 4. The van der Waals surface area contributed by atoms with Crippen molar-refractivity contribution in [3.8, 4) is 23.6 Å². The fraction of sp³-hybridized carbons (Fsp3) is 0.544. The van der Waals surface area contributed by atoms with Crippen LogP contribution in [0.4, 0.5) is 22.4 Å². The number of nitrogens with zero attached hydrogens (tertiary/aromatic N) is 12. The Morgan fingerprint density at radius 2 is 0.959 bits per heavy atom. The summed E-state index contributed by atoms with van der Waals surface area (Å²) in [7, 11) is 0. The van der Waals surface area contributed by atoms with Gasteiger partial charge in [0.15, 0.2) is 0 Å². The van der Waals surface area contributed by atoms with Crippen molar-refractivity contribution in [3.63, 3.8) is 0 Å². The van der Waals surface area contributed by atoms with Gasteiger partial charge in [-0.2, -0.15) is 10.5 Å². The molecule has 122 heavy (non-hydrogen) atoms. The molecule has 5 aromatic rings. The van der Waals surface area contributed by atoms with Crippen molar-refractivity contribution in [2.45, 2.75) is 136 Å². The number of aliphatic carboxylic acids is 4. The van der Waals surface area contributed by atoms with E-state index in [-0.39, 0.29) is 153 Å². The van der Waals surface area contributed by atoms with Gasteiger partial charge >= 0.3 is 30.0 Å². The summed E-state index contributed by atoms with van der Waals surface area (Å²) in [6.07, 6.45) is 3.06. The monoisotopic (exact) mass is 1740 g/mol. The Kier molecular flexibility index (Phi) is 36.1. The average molecular weight is 1740 g/mol. The third kappa shape index (κ3) is 29.2. The maximum absolute atomic E-state index is 14.0. The lowest BCUT2D eigenvalue weighted by Gasteiger charge is -2.35. The molecule has 3 saturated heterocycles.